The van der Waals surface area contributed by atoms with Crippen LogP contribution in [0.15, 0.2) is 40.1 Å². The number of aromatic amines is 1. The number of H-pyrrole nitrogens is 1. The highest BCUT2D eigenvalue weighted by Gasteiger charge is 2.06. The molecule has 0 aromatic carbocycles. The zero-order valence-corrected chi connectivity index (χ0v) is 9.87. The molecule has 0 saturated carbocycles. The lowest BCUT2D eigenvalue weighted by Crippen LogP contribution is -2.32. The first-order chi connectivity index (χ1) is 9.16. The summed E-state index contributed by atoms with van der Waals surface area (Å²) in [5.41, 5.74) is -0.511. The van der Waals surface area contributed by atoms with Crippen LogP contribution < -0.4 is 16.4 Å². The third-order valence-electron chi connectivity index (χ3n) is 2.31. The SMILES string of the molecule is O=C(NCCn1ncccc1=O)c1ccc(=O)[nH]n1. The van der Waals surface area contributed by atoms with E-state index in [2.05, 4.69) is 20.6 Å². The fourth-order valence-electron chi connectivity index (χ4n) is 1.39. The monoisotopic (exact) mass is 261 g/mol. The van der Waals surface area contributed by atoms with Gasteiger partial charge in [-0.05, 0) is 12.1 Å². The van der Waals surface area contributed by atoms with Crippen molar-refractivity contribution in [3.05, 3.63) is 56.9 Å². The number of amides is 1. The quantitative estimate of drug-likeness (QED) is 0.715. The highest BCUT2D eigenvalue weighted by molar-refractivity contribution is 5.91. The molecule has 0 aliphatic carbocycles. The van der Waals surface area contributed by atoms with Crippen LogP contribution in [0.2, 0.25) is 0 Å². The van der Waals surface area contributed by atoms with Crippen molar-refractivity contribution in [2.24, 2.45) is 0 Å². The minimum atomic E-state index is -0.430. The molecule has 0 aliphatic heterocycles. The molecule has 0 unspecified atom stereocenters. The maximum Gasteiger partial charge on any atom is 0.271 e. The maximum absolute atomic E-state index is 11.6. The van der Waals surface area contributed by atoms with E-state index in [0.717, 1.165) is 0 Å². The van der Waals surface area contributed by atoms with E-state index in [4.69, 9.17) is 0 Å². The van der Waals surface area contributed by atoms with Crippen molar-refractivity contribution in [1.29, 1.82) is 0 Å². The van der Waals surface area contributed by atoms with Gasteiger partial charge in [-0.25, -0.2) is 9.78 Å². The third kappa shape index (κ3) is 3.35. The van der Waals surface area contributed by atoms with E-state index < -0.39 is 5.91 Å². The molecule has 0 aliphatic rings. The predicted molar refractivity (Wildman–Crippen MR) is 65.7 cm³/mol. The molecule has 19 heavy (non-hydrogen) atoms. The summed E-state index contributed by atoms with van der Waals surface area (Å²) >= 11 is 0. The van der Waals surface area contributed by atoms with Crippen molar-refractivity contribution in [3.8, 4) is 0 Å². The van der Waals surface area contributed by atoms with E-state index in [9.17, 15) is 14.4 Å². The fraction of sp³-hybridized carbons (Fsp3) is 0.182. The molecule has 0 radical (unpaired) electrons. The Balaban J connectivity index is 1.91. The second kappa shape index (κ2) is 5.71. The van der Waals surface area contributed by atoms with E-state index in [0.29, 0.717) is 0 Å². The first-order valence-corrected chi connectivity index (χ1v) is 5.53. The number of rotatable bonds is 4. The van der Waals surface area contributed by atoms with Gasteiger partial charge >= 0.3 is 0 Å². The maximum atomic E-state index is 11.6. The summed E-state index contributed by atoms with van der Waals surface area (Å²) in [6.07, 6.45) is 1.49. The van der Waals surface area contributed by atoms with Gasteiger partial charge in [0.2, 0.25) is 0 Å². The number of carbonyl (C=O) groups excluding carboxylic acids is 1. The molecule has 2 rings (SSSR count). The van der Waals surface area contributed by atoms with Crippen molar-refractivity contribution in [2.75, 3.05) is 6.54 Å². The van der Waals surface area contributed by atoms with E-state index in [-0.39, 0.29) is 29.9 Å². The molecule has 0 fully saturated rings. The van der Waals surface area contributed by atoms with Gasteiger partial charge in [0.1, 0.15) is 5.69 Å². The molecular weight excluding hydrogens is 250 g/mol. The van der Waals surface area contributed by atoms with Crippen LogP contribution in [0.3, 0.4) is 0 Å². The number of hydrogen-bond acceptors (Lipinski definition) is 5. The van der Waals surface area contributed by atoms with Crippen molar-refractivity contribution >= 4 is 5.91 Å². The van der Waals surface area contributed by atoms with Gasteiger partial charge < -0.3 is 5.32 Å². The van der Waals surface area contributed by atoms with Gasteiger partial charge in [-0.3, -0.25) is 14.4 Å². The summed E-state index contributed by atoms with van der Waals surface area (Å²) in [7, 11) is 0. The Kier molecular flexibility index (Phi) is 3.81. The van der Waals surface area contributed by atoms with Crippen LogP contribution in [-0.4, -0.2) is 32.4 Å². The average Bonchev–Trinajstić information content (AvgIpc) is 2.41. The molecule has 0 atom stereocenters. The van der Waals surface area contributed by atoms with Crippen molar-refractivity contribution in [1.82, 2.24) is 25.3 Å². The van der Waals surface area contributed by atoms with Crippen LogP contribution in [0.25, 0.3) is 0 Å². The number of aromatic nitrogens is 4. The Hall–Kier alpha value is -2.77. The Morgan fingerprint density at radius 2 is 2.16 bits per heavy atom. The molecule has 8 heteroatoms. The lowest BCUT2D eigenvalue weighted by molar-refractivity contribution is 0.0945. The second-order valence-corrected chi connectivity index (χ2v) is 3.65. The van der Waals surface area contributed by atoms with Gasteiger partial charge in [-0.1, -0.05) is 0 Å². The zero-order chi connectivity index (χ0) is 13.7. The molecule has 0 spiro atoms. The molecule has 2 N–H and O–H groups in total. The van der Waals surface area contributed by atoms with Gasteiger partial charge in [-0.2, -0.15) is 10.2 Å². The Bertz CT molecular complexity index is 670. The minimum absolute atomic E-state index is 0.105. The largest absolute Gasteiger partial charge is 0.349 e. The lowest BCUT2D eigenvalue weighted by Gasteiger charge is -2.05. The molecule has 2 aromatic heterocycles. The summed E-state index contributed by atoms with van der Waals surface area (Å²) in [4.78, 5) is 33.8. The molecule has 8 nitrogen and oxygen atoms in total. The first kappa shape index (κ1) is 12.7. The molecule has 0 bridgehead atoms. The van der Waals surface area contributed by atoms with E-state index >= 15 is 0 Å². The van der Waals surface area contributed by atoms with Gasteiger partial charge in [0.25, 0.3) is 17.0 Å². The summed E-state index contributed by atoms with van der Waals surface area (Å²) in [5.74, 6) is -0.430. The standard InChI is InChI=1S/C11H11N5O3/c17-9-4-3-8(14-15-9)11(19)12-6-7-16-10(18)2-1-5-13-16/h1-5H,6-7H2,(H,12,19)(H,15,17). The molecular formula is C11H11N5O3. The smallest absolute Gasteiger partial charge is 0.271 e. The Labute approximate surface area is 107 Å². The summed E-state index contributed by atoms with van der Waals surface area (Å²) in [6.45, 7) is 0.491. The molecule has 2 aromatic rings. The van der Waals surface area contributed by atoms with Gasteiger partial charge in [0.15, 0.2) is 0 Å². The molecule has 2 heterocycles. The van der Waals surface area contributed by atoms with E-state index in [1.807, 2.05) is 0 Å². The van der Waals surface area contributed by atoms with Crippen LogP contribution in [-0.2, 0) is 6.54 Å². The fourth-order valence-corrected chi connectivity index (χ4v) is 1.39. The van der Waals surface area contributed by atoms with Crippen molar-refractivity contribution in [3.63, 3.8) is 0 Å². The Morgan fingerprint density at radius 3 is 2.84 bits per heavy atom. The Morgan fingerprint density at radius 1 is 1.32 bits per heavy atom. The number of hydrogen-bond donors (Lipinski definition) is 2. The second-order valence-electron chi connectivity index (χ2n) is 3.65. The van der Waals surface area contributed by atoms with Crippen LogP contribution in [0, 0.1) is 0 Å². The normalized spacial score (nSPS) is 10.1. The summed E-state index contributed by atoms with van der Waals surface area (Å²) < 4.78 is 1.24. The molecule has 98 valence electrons. The predicted octanol–water partition coefficient (Wildman–Crippen LogP) is -1.24. The minimum Gasteiger partial charge on any atom is -0.349 e. The van der Waals surface area contributed by atoms with Crippen molar-refractivity contribution < 1.29 is 4.79 Å². The zero-order valence-electron chi connectivity index (χ0n) is 9.87. The number of nitrogens with zero attached hydrogens (tertiary/aromatic N) is 3. The van der Waals surface area contributed by atoms with Crippen LogP contribution in [0.5, 0.6) is 0 Å². The highest BCUT2D eigenvalue weighted by Crippen LogP contribution is 1.87. The van der Waals surface area contributed by atoms with E-state index in [1.165, 1.54) is 29.1 Å². The third-order valence-corrected chi connectivity index (χ3v) is 2.31. The van der Waals surface area contributed by atoms with Crippen LogP contribution >= 0.6 is 0 Å². The highest BCUT2D eigenvalue weighted by atomic mass is 16.2. The average molecular weight is 261 g/mol. The molecule has 0 saturated heterocycles. The van der Waals surface area contributed by atoms with Gasteiger partial charge in [-0.15, -0.1) is 0 Å². The van der Waals surface area contributed by atoms with Crippen LogP contribution in [0.4, 0.5) is 0 Å². The first-order valence-electron chi connectivity index (χ1n) is 5.53. The van der Waals surface area contributed by atoms with E-state index in [1.54, 1.807) is 6.07 Å². The summed E-state index contributed by atoms with van der Waals surface area (Å²) in [6, 6.07) is 5.46. The summed E-state index contributed by atoms with van der Waals surface area (Å²) in [5, 5.41) is 12.2. The van der Waals surface area contributed by atoms with Crippen molar-refractivity contribution in [2.45, 2.75) is 6.54 Å². The van der Waals surface area contributed by atoms with Crippen LogP contribution in [0.1, 0.15) is 10.5 Å². The topological polar surface area (TPSA) is 110 Å². The lowest BCUT2D eigenvalue weighted by atomic mass is 10.3. The molecule has 1 amide bonds. The van der Waals surface area contributed by atoms with Gasteiger partial charge in [0, 0.05) is 24.9 Å². The van der Waals surface area contributed by atoms with Gasteiger partial charge in [0.05, 0.1) is 6.54 Å². The number of carbonyl (C=O) groups is 1. The number of nitrogens with one attached hydrogen (secondary N) is 2.